The number of nitro groups is 2. The van der Waals surface area contributed by atoms with Gasteiger partial charge >= 0.3 is 0 Å². The van der Waals surface area contributed by atoms with Gasteiger partial charge in [-0.2, -0.15) is 10.2 Å². The van der Waals surface area contributed by atoms with Crippen LogP contribution >= 0.6 is 0 Å². The molecule has 0 aliphatic carbocycles. The van der Waals surface area contributed by atoms with Crippen LogP contribution in [0.3, 0.4) is 0 Å². The Balaban J connectivity index is 1.63. The average molecular weight is 404 g/mol. The maximum absolute atomic E-state index is 10.7. The number of rotatable bonds is 8. The van der Waals surface area contributed by atoms with Crippen LogP contribution in [0.4, 0.5) is 22.7 Å². The van der Waals surface area contributed by atoms with Crippen LogP contribution in [0.25, 0.3) is 0 Å². The third-order valence-electron chi connectivity index (χ3n) is 3.95. The van der Waals surface area contributed by atoms with Gasteiger partial charge in [-0.15, -0.1) is 0 Å². The SMILES string of the molecule is O=[N+]([O-])c1ccc(NN=Cc2ccccc2C=NNc2ccc([N+](=O)[O-])cc2)cc1. The average Bonchev–Trinajstić information content (AvgIpc) is 2.75. The predicted molar refractivity (Wildman–Crippen MR) is 115 cm³/mol. The lowest BCUT2D eigenvalue weighted by atomic mass is 10.1. The molecule has 0 aliphatic rings. The van der Waals surface area contributed by atoms with Gasteiger partial charge in [-0.25, -0.2) is 0 Å². The molecule has 0 heterocycles. The molecule has 3 aromatic rings. The molecule has 150 valence electrons. The molecule has 2 N–H and O–H groups in total. The van der Waals surface area contributed by atoms with Gasteiger partial charge in [-0.1, -0.05) is 24.3 Å². The second kappa shape index (κ2) is 9.55. The van der Waals surface area contributed by atoms with Crippen molar-refractivity contribution in [3.8, 4) is 0 Å². The fourth-order valence-corrected chi connectivity index (χ4v) is 2.41. The summed E-state index contributed by atoms with van der Waals surface area (Å²) in [5.41, 5.74) is 8.45. The summed E-state index contributed by atoms with van der Waals surface area (Å²) in [4.78, 5) is 20.4. The lowest BCUT2D eigenvalue weighted by molar-refractivity contribution is -0.385. The van der Waals surface area contributed by atoms with E-state index in [9.17, 15) is 20.2 Å². The van der Waals surface area contributed by atoms with Gasteiger partial charge in [0.05, 0.1) is 33.7 Å². The lowest BCUT2D eigenvalue weighted by Crippen LogP contribution is -1.97. The summed E-state index contributed by atoms with van der Waals surface area (Å²) < 4.78 is 0. The van der Waals surface area contributed by atoms with Crippen LogP contribution in [0.15, 0.2) is 83.0 Å². The fourth-order valence-electron chi connectivity index (χ4n) is 2.41. The molecule has 10 heteroatoms. The Labute approximate surface area is 170 Å². The molecular weight excluding hydrogens is 388 g/mol. The number of non-ortho nitro benzene ring substituents is 2. The summed E-state index contributed by atoms with van der Waals surface area (Å²) in [5.74, 6) is 0. The summed E-state index contributed by atoms with van der Waals surface area (Å²) >= 11 is 0. The number of nitro benzene ring substituents is 2. The molecule has 3 aromatic carbocycles. The lowest BCUT2D eigenvalue weighted by Gasteiger charge is -2.02. The Morgan fingerprint density at radius 2 is 1.00 bits per heavy atom. The molecule has 3 rings (SSSR count). The van der Waals surface area contributed by atoms with Crippen molar-refractivity contribution in [1.82, 2.24) is 0 Å². The minimum absolute atomic E-state index is 0.00612. The molecule has 0 fully saturated rings. The van der Waals surface area contributed by atoms with Gasteiger partial charge in [0.2, 0.25) is 0 Å². The topological polar surface area (TPSA) is 135 Å². The molecule has 0 unspecified atom stereocenters. The molecule has 0 aromatic heterocycles. The van der Waals surface area contributed by atoms with E-state index in [1.165, 1.54) is 24.3 Å². The quantitative estimate of drug-likeness (QED) is 0.325. The highest BCUT2D eigenvalue weighted by molar-refractivity contribution is 5.94. The van der Waals surface area contributed by atoms with Gasteiger partial charge in [0.1, 0.15) is 0 Å². The smallest absolute Gasteiger partial charge is 0.269 e. The van der Waals surface area contributed by atoms with Crippen LogP contribution in [0.5, 0.6) is 0 Å². The number of benzene rings is 3. The number of nitrogens with zero attached hydrogens (tertiary/aromatic N) is 4. The zero-order valence-electron chi connectivity index (χ0n) is 15.5. The van der Waals surface area contributed by atoms with Crippen molar-refractivity contribution in [3.63, 3.8) is 0 Å². The van der Waals surface area contributed by atoms with Crippen molar-refractivity contribution in [3.05, 3.63) is 104 Å². The molecule has 30 heavy (non-hydrogen) atoms. The Morgan fingerprint density at radius 1 is 0.633 bits per heavy atom. The van der Waals surface area contributed by atoms with Crippen molar-refractivity contribution in [1.29, 1.82) is 0 Å². The van der Waals surface area contributed by atoms with Crippen molar-refractivity contribution in [2.45, 2.75) is 0 Å². The van der Waals surface area contributed by atoms with E-state index in [4.69, 9.17) is 0 Å². The Bertz CT molecular complexity index is 1010. The molecule has 0 radical (unpaired) electrons. The molecular formula is C20H16N6O4. The van der Waals surface area contributed by atoms with E-state index in [1.807, 2.05) is 24.3 Å². The number of hydrogen-bond acceptors (Lipinski definition) is 8. The summed E-state index contributed by atoms with van der Waals surface area (Å²) in [6, 6.07) is 19.3. The van der Waals surface area contributed by atoms with E-state index >= 15 is 0 Å². The third-order valence-corrected chi connectivity index (χ3v) is 3.95. The first-order valence-corrected chi connectivity index (χ1v) is 8.69. The Morgan fingerprint density at radius 3 is 1.33 bits per heavy atom. The van der Waals surface area contributed by atoms with Crippen LogP contribution in [0, 0.1) is 20.2 Å². The molecule has 0 spiro atoms. The number of hydrazone groups is 2. The minimum atomic E-state index is -0.465. The molecule has 0 bridgehead atoms. The summed E-state index contributed by atoms with van der Waals surface area (Å²) in [5, 5.41) is 29.7. The van der Waals surface area contributed by atoms with Gasteiger partial charge in [-0.05, 0) is 24.3 Å². The molecule has 0 saturated carbocycles. The van der Waals surface area contributed by atoms with Gasteiger partial charge in [0, 0.05) is 35.4 Å². The predicted octanol–water partition coefficient (Wildman–Crippen LogP) is 4.40. The van der Waals surface area contributed by atoms with Crippen molar-refractivity contribution in [2.24, 2.45) is 10.2 Å². The monoisotopic (exact) mass is 404 g/mol. The summed E-state index contributed by atoms with van der Waals surface area (Å²) in [6.07, 6.45) is 3.21. The van der Waals surface area contributed by atoms with Gasteiger partial charge in [-0.3, -0.25) is 31.1 Å². The van der Waals surface area contributed by atoms with Gasteiger partial charge in [0.25, 0.3) is 11.4 Å². The molecule has 0 aliphatic heterocycles. The van der Waals surface area contributed by atoms with E-state index in [0.29, 0.717) is 11.4 Å². The van der Waals surface area contributed by atoms with Gasteiger partial charge in [0.15, 0.2) is 0 Å². The van der Waals surface area contributed by atoms with Crippen LogP contribution in [0.2, 0.25) is 0 Å². The zero-order chi connectivity index (χ0) is 21.3. The summed E-state index contributed by atoms with van der Waals surface area (Å²) in [6.45, 7) is 0. The maximum atomic E-state index is 10.7. The molecule has 10 nitrogen and oxygen atoms in total. The van der Waals surface area contributed by atoms with Crippen LogP contribution in [-0.2, 0) is 0 Å². The minimum Gasteiger partial charge on any atom is -0.278 e. The summed E-state index contributed by atoms with van der Waals surface area (Å²) in [7, 11) is 0. The normalized spacial score (nSPS) is 10.9. The van der Waals surface area contributed by atoms with Crippen molar-refractivity contribution < 1.29 is 9.85 Å². The third kappa shape index (κ3) is 5.45. The van der Waals surface area contributed by atoms with Crippen LogP contribution < -0.4 is 10.9 Å². The zero-order valence-corrected chi connectivity index (χ0v) is 15.5. The first-order valence-electron chi connectivity index (χ1n) is 8.69. The van der Waals surface area contributed by atoms with Crippen molar-refractivity contribution >= 4 is 35.2 Å². The van der Waals surface area contributed by atoms with E-state index in [2.05, 4.69) is 21.1 Å². The fraction of sp³-hybridized carbons (Fsp3) is 0. The maximum Gasteiger partial charge on any atom is 0.269 e. The highest BCUT2D eigenvalue weighted by Crippen LogP contribution is 2.16. The molecule has 0 atom stereocenters. The molecule has 0 amide bonds. The van der Waals surface area contributed by atoms with Crippen molar-refractivity contribution in [2.75, 3.05) is 10.9 Å². The number of nitrogens with one attached hydrogen (secondary N) is 2. The van der Waals surface area contributed by atoms with Crippen LogP contribution in [0.1, 0.15) is 11.1 Å². The number of hydrogen-bond donors (Lipinski definition) is 2. The second-order valence-electron chi connectivity index (χ2n) is 5.98. The largest absolute Gasteiger partial charge is 0.278 e. The highest BCUT2D eigenvalue weighted by atomic mass is 16.6. The van der Waals surface area contributed by atoms with Crippen LogP contribution in [-0.4, -0.2) is 22.3 Å². The van der Waals surface area contributed by atoms with E-state index in [1.54, 1.807) is 36.7 Å². The van der Waals surface area contributed by atoms with E-state index in [-0.39, 0.29) is 11.4 Å². The first-order chi connectivity index (χ1) is 14.5. The Hall–Kier alpha value is -4.60. The van der Waals surface area contributed by atoms with Gasteiger partial charge < -0.3 is 0 Å². The highest BCUT2D eigenvalue weighted by Gasteiger charge is 2.04. The Kier molecular flexibility index (Phi) is 6.41. The number of anilines is 2. The standard InChI is InChI=1S/C20H16N6O4/c27-25(28)19-9-5-17(6-10-19)23-21-13-15-3-1-2-4-16(15)14-22-24-18-7-11-20(12-8-18)26(29)30/h1-14,23-24H. The van der Waals surface area contributed by atoms with E-state index < -0.39 is 9.85 Å². The van der Waals surface area contributed by atoms with E-state index in [0.717, 1.165) is 11.1 Å². The first kappa shape index (κ1) is 20.1. The second-order valence-corrected chi connectivity index (χ2v) is 5.98. The molecule has 0 saturated heterocycles.